The molecule has 0 unspecified atom stereocenters. The van der Waals surface area contributed by atoms with Gasteiger partial charge in [0, 0.05) is 6.42 Å². The Morgan fingerprint density at radius 2 is 1.46 bits per heavy atom. The molecule has 1 heterocycles. The van der Waals surface area contributed by atoms with Crippen LogP contribution in [0.2, 0.25) is 0 Å². The molecule has 0 spiro atoms. The Kier molecular flexibility index (Phi) is 3.93. The summed E-state index contributed by atoms with van der Waals surface area (Å²) in [7, 11) is 0. The largest absolute Gasteiger partial charge is 0.312 e. The van der Waals surface area contributed by atoms with E-state index in [4.69, 9.17) is 4.99 Å². The predicted molar refractivity (Wildman–Crippen MR) is 95.8 cm³/mol. The fraction of sp³-hybridized carbons (Fsp3) is 0.333. The van der Waals surface area contributed by atoms with Gasteiger partial charge in [0.15, 0.2) is 5.54 Å². The molecular weight excluding hydrogens is 296 g/mol. The number of nitrogens with zero attached hydrogens (tertiary/aromatic N) is 1. The fourth-order valence-corrected chi connectivity index (χ4v) is 4.00. The Labute approximate surface area is 142 Å². The van der Waals surface area contributed by atoms with Crippen molar-refractivity contribution < 1.29 is 4.79 Å². The molecule has 1 aliphatic heterocycles. The van der Waals surface area contributed by atoms with Crippen molar-refractivity contribution in [2.24, 2.45) is 10.9 Å². The number of aliphatic imine (C=N–C) groups is 1. The molecule has 2 aromatic carbocycles. The van der Waals surface area contributed by atoms with Crippen LogP contribution in [-0.2, 0) is 10.3 Å². The van der Waals surface area contributed by atoms with Gasteiger partial charge in [-0.15, -0.1) is 0 Å². The molecule has 1 N–H and O–H groups in total. The number of hydrogen-bond acceptors (Lipinski definition) is 2. The predicted octanol–water partition coefficient (Wildman–Crippen LogP) is 4.04. The van der Waals surface area contributed by atoms with E-state index in [1.807, 2.05) is 60.7 Å². The Balaban J connectivity index is 1.78. The van der Waals surface area contributed by atoms with E-state index < -0.39 is 5.54 Å². The van der Waals surface area contributed by atoms with Crippen LogP contribution in [0.25, 0.3) is 0 Å². The molecule has 24 heavy (non-hydrogen) atoms. The maximum Gasteiger partial charge on any atom is 0.262 e. The number of rotatable bonds is 4. The molecule has 1 aliphatic carbocycles. The molecule has 122 valence electrons. The molecule has 0 bridgehead atoms. The number of nitrogens with one attached hydrogen (secondary N) is 1. The highest BCUT2D eigenvalue weighted by molar-refractivity contribution is 6.10. The fourth-order valence-electron chi connectivity index (χ4n) is 4.00. The summed E-state index contributed by atoms with van der Waals surface area (Å²) >= 11 is 0. The van der Waals surface area contributed by atoms with Gasteiger partial charge in [-0.1, -0.05) is 86.3 Å². The molecule has 1 amide bonds. The molecule has 0 atom stereocenters. The highest BCUT2D eigenvalue weighted by atomic mass is 16.2. The van der Waals surface area contributed by atoms with Crippen molar-refractivity contribution >= 4 is 11.7 Å². The zero-order valence-corrected chi connectivity index (χ0v) is 13.7. The van der Waals surface area contributed by atoms with Gasteiger partial charge in [-0.2, -0.15) is 0 Å². The zero-order chi connectivity index (χ0) is 16.4. The quantitative estimate of drug-likeness (QED) is 0.908. The number of hydrogen-bond donors (Lipinski definition) is 1. The Morgan fingerprint density at radius 1 is 0.917 bits per heavy atom. The third kappa shape index (κ3) is 2.54. The summed E-state index contributed by atoms with van der Waals surface area (Å²) in [5, 5.41) is 3.08. The lowest BCUT2D eigenvalue weighted by Crippen LogP contribution is -2.38. The zero-order valence-electron chi connectivity index (χ0n) is 13.7. The number of carbonyl (C=O) groups excluding carboxylic acids is 1. The van der Waals surface area contributed by atoms with Crippen molar-refractivity contribution in [3.63, 3.8) is 0 Å². The van der Waals surface area contributed by atoms with Crippen LogP contribution in [0.4, 0.5) is 0 Å². The average molecular weight is 318 g/mol. The van der Waals surface area contributed by atoms with Crippen molar-refractivity contribution in [3.8, 4) is 0 Å². The monoisotopic (exact) mass is 318 g/mol. The normalized spacial score (nSPS) is 20.0. The number of carbonyl (C=O) groups is 1. The Bertz CT molecular complexity index is 706. The summed E-state index contributed by atoms with van der Waals surface area (Å²) in [6.07, 6.45) is 5.98. The van der Waals surface area contributed by atoms with E-state index in [2.05, 4.69) is 5.32 Å². The summed E-state index contributed by atoms with van der Waals surface area (Å²) in [6.45, 7) is 0. The second kappa shape index (κ2) is 6.23. The van der Waals surface area contributed by atoms with E-state index >= 15 is 0 Å². The van der Waals surface area contributed by atoms with E-state index in [9.17, 15) is 4.79 Å². The molecule has 4 rings (SSSR count). The van der Waals surface area contributed by atoms with Gasteiger partial charge in [0.25, 0.3) is 5.91 Å². The molecule has 0 saturated heterocycles. The van der Waals surface area contributed by atoms with Crippen molar-refractivity contribution in [1.29, 1.82) is 0 Å². The van der Waals surface area contributed by atoms with Crippen LogP contribution in [0.1, 0.15) is 43.2 Å². The van der Waals surface area contributed by atoms with E-state index in [1.54, 1.807) is 0 Å². The van der Waals surface area contributed by atoms with Gasteiger partial charge in [-0.25, -0.2) is 4.99 Å². The van der Waals surface area contributed by atoms with Crippen molar-refractivity contribution in [2.75, 3.05) is 0 Å². The van der Waals surface area contributed by atoms with E-state index in [0.29, 0.717) is 5.92 Å². The molecular formula is C21H22N2O. The second-order valence-electron chi connectivity index (χ2n) is 6.81. The summed E-state index contributed by atoms with van der Waals surface area (Å²) < 4.78 is 0. The van der Waals surface area contributed by atoms with Gasteiger partial charge >= 0.3 is 0 Å². The standard InChI is InChI=1S/C21H22N2O/c24-20-21(17-11-3-1-4-12-17,18-13-5-2-6-14-18)23-19(22-20)15-16-9-7-8-10-16/h1-6,11-14,16H,7-10,15H2,(H,22,23,24). The number of benzene rings is 2. The number of amides is 1. The van der Waals surface area contributed by atoms with Crippen LogP contribution in [0.5, 0.6) is 0 Å². The smallest absolute Gasteiger partial charge is 0.262 e. The van der Waals surface area contributed by atoms with E-state index in [1.165, 1.54) is 25.7 Å². The molecule has 1 saturated carbocycles. The summed E-state index contributed by atoms with van der Waals surface area (Å²) in [5.41, 5.74) is 0.904. The first kappa shape index (κ1) is 15.1. The minimum Gasteiger partial charge on any atom is -0.312 e. The van der Waals surface area contributed by atoms with Gasteiger partial charge in [0.05, 0.1) is 0 Å². The second-order valence-corrected chi connectivity index (χ2v) is 6.81. The molecule has 1 fully saturated rings. The van der Waals surface area contributed by atoms with Crippen LogP contribution in [-0.4, -0.2) is 11.7 Å². The van der Waals surface area contributed by atoms with Crippen LogP contribution < -0.4 is 5.32 Å². The van der Waals surface area contributed by atoms with Crippen molar-refractivity contribution in [2.45, 2.75) is 37.6 Å². The highest BCUT2D eigenvalue weighted by Crippen LogP contribution is 2.38. The Hall–Kier alpha value is -2.42. The highest BCUT2D eigenvalue weighted by Gasteiger charge is 2.46. The van der Waals surface area contributed by atoms with Crippen LogP contribution in [0, 0.1) is 5.92 Å². The number of amidine groups is 1. The van der Waals surface area contributed by atoms with Gasteiger partial charge in [-0.3, -0.25) is 4.79 Å². The van der Waals surface area contributed by atoms with Crippen molar-refractivity contribution in [1.82, 2.24) is 5.32 Å². The van der Waals surface area contributed by atoms with Crippen LogP contribution >= 0.6 is 0 Å². The SMILES string of the molecule is O=C1NC(CC2CCCC2)=NC1(c1ccccc1)c1ccccc1. The maximum absolute atomic E-state index is 13.1. The summed E-state index contributed by atoms with van der Waals surface area (Å²) in [5.74, 6) is 1.47. The van der Waals surface area contributed by atoms with Gasteiger partial charge < -0.3 is 5.32 Å². The van der Waals surface area contributed by atoms with E-state index in [-0.39, 0.29) is 5.91 Å². The van der Waals surface area contributed by atoms with Gasteiger partial charge in [0.1, 0.15) is 5.84 Å². The topological polar surface area (TPSA) is 41.5 Å². The molecule has 0 aromatic heterocycles. The van der Waals surface area contributed by atoms with Crippen molar-refractivity contribution in [3.05, 3.63) is 71.8 Å². The summed E-state index contributed by atoms with van der Waals surface area (Å²) in [4.78, 5) is 18.0. The van der Waals surface area contributed by atoms with Crippen LogP contribution in [0.3, 0.4) is 0 Å². The Morgan fingerprint density at radius 3 is 2.00 bits per heavy atom. The summed E-state index contributed by atoms with van der Waals surface area (Å²) in [6, 6.07) is 19.8. The third-order valence-electron chi connectivity index (χ3n) is 5.23. The molecule has 2 aliphatic rings. The lowest BCUT2D eigenvalue weighted by atomic mass is 9.83. The first-order valence-corrected chi connectivity index (χ1v) is 8.80. The minimum absolute atomic E-state index is 0.0344. The molecule has 0 radical (unpaired) electrons. The van der Waals surface area contributed by atoms with Gasteiger partial charge in [0.2, 0.25) is 0 Å². The first-order chi connectivity index (χ1) is 11.8. The van der Waals surface area contributed by atoms with E-state index in [0.717, 1.165) is 23.4 Å². The molecule has 3 heteroatoms. The average Bonchev–Trinajstić information content (AvgIpc) is 3.25. The lowest BCUT2D eigenvalue weighted by Gasteiger charge is -2.24. The first-order valence-electron chi connectivity index (χ1n) is 8.80. The third-order valence-corrected chi connectivity index (χ3v) is 5.23. The maximum atomic E-state index is 13.1. The van der Waals surface area contributed by atoms with Gasteiger partial charge in [-0.05, 0) is 17.0 Å². The van der Waals surface area contributed by atoms with Crippen LogP contribution in [0.15, 0.2) is 65.7 Å². The molecule has 3 nitrogen and oxygen atoms in total. The lowest BCUT2D eigenvalue weighted by molar-refractivity contribution is -0.122. The molecule has 2 aromatic rings. The minimum atomic E-state index is -0.948.